The minimum atomic E-state index is 0.209. The van der Waals surface area contributed by atoms with Gasteiger partial charge in [0.25, 0.3) is 0 Å². The number of aryl methyl sites for hydroxylation is 2. The van der Waals surface area contributed by atoms with Gasteiger partial charge in [0.2, 0.25) is 17.7 Å². The molecule has 2 aromatic rings. The van der Waals surface area contributed by atoms with Crippen LogP contribution < -0.4 is 9.64 Å². The first-order valence-corrected chi connectivity index (χ1v) is 9.90. The zero-order chi connectivity index (χ0) is 19.7. The molecule has 4 heterocycles. The maximum absolute atomic E-state index is 13.0. The normalized spacial score (nSPS) is 21.7. The summed E-state index contributed by atoms with van der Waals surface area (Å²) >= 11 is 0. The third kappa shape index (κ3) is 3.55. The number of nitrogens with zero attached hydrogens (tertiary/aromatic N) is 5. The Bertz CT molecular complexity index is 833. The van der Waals surface area contributed by atoms with Crippen molar-refractivity contribution >= 4 is 11.9 Å². The molecule has 2 saturated heterocycles. The second kappa shape index (κ2) is 7.77. The van der Waals surface area contributed by atoms with Crippen molar-refractivity contribution < 1.29 is 14.1 Å². The highest BCUT2D eigenvalue weighted by Gasteiger charge is 2.41. The second-order valence-electron chi connectivity index (χ2n) is 7.64. The van der Waals surface area contributed by atoms with Crippen molar-refractivity contribution in [3.63, 3.8) is 0 Å². The van der Waals surface area contributed by atoms with E-state index in [0.717, 1.165) is 49.5 Å². The van der Waals surface area contributed by atoms with E-state index in [4.69, 9.17) is 9.26 Å². The van der Waals surface area contributed by atoms with Gasteiger partial charge in [-0.3, -0.25) is 4.79 Å². The number of hydrogen-bond acceptors (Lipinski definition) is 7. The van der Waals surface area contributed by atoms with E-state index in [1.165, 1.54) is 0 Å². The Labute approximate surface area is 164 Å². The van der Waals surface area contributed by atoms with Gasteiger partial charge in [-0.05, 0) is 39.0 Å². The molecule has 8 heteroatoms. The van der Waals surface area contributed by atoms with Crippen molar-refractivity contribution in [3.8, 4) is 5.88 Å². The fourth-order valence-electron chi connectivity index (χ4n) is 4.46. The Balaban J connectivity index is 1.42. The molecule has 8 nitrogen and oxygen atoms in total. The molecular weight excluding hydrogens is 358 g/mol. The number of carbonyl (C=O) groups is 1. The number of carbonyl (C=O) groups excluding carboxylic acids is 1. The van der Waals surface area contributed by atoms with Gasteiger partial charge in [0.15, 0.2) is 0 Å². The highest BCUT2D eigenvalue weighted by Crippen LogP contribution is 2.33. The van der Waals surface area contributed by atoms with Gasteiger partial charge in [0.05, 0.1) is 18.8 Å². The molecule has 28 heavy (non-hydrogen) atoms. The average molecular weight is 385 g/mol. The lowest BCUT2D eigenvalue weighted by molar-refractivity contribution is -0.132. The van der Waals surface area contributed by atoms with Crippen LogP contribution in [0.15, 0.2) is 16.8 Å². The summed E-state index contributed by atoms with van der Waals surface area (Å²) in [7, 11) is 1.61. The lowest BCUT2D eigenvalue weighted by Gasteiger charge is -2.38. The Hall–Kier alpha value is -2.64. The quantitative estimate of drug-likeness (QED) is 0.780. The first kappa shape index (κ1) is 18.7. The van der Waals surface area contributed by atoms with E-state index < -0.39 is 0 Å². The fraction of sp³-hybridized carbons (Fsp3) is 0.600. The molecule has 0 aromatic carbocycles. The lowest BCUT2D eigenvalue weighted by Crippen LogP contribution is -2.50. The van der Waals surface area contributed by atoms with Gasteiger partial charge in [-0.15, -0.1) is 0 Å². The van der Waals surface area contributed by atoms with E-state index in [0.29, 0.717) is 30.6 Å². The number of amides is 1. The Morgan fingerprint density at radius 2 is 2.14 bits per heavy atom. The number of rotatable bonds is 5. The zero-order valence-electron chi connectivity index (χ0n) is 16.7. The number of aromatic nitrogens is 3. The van der Waals surface area contributed by atoms with Gasteiger partial charge in [-0.1, -0.05) is 5.16 Å². The van der Waals surface area contributed by atoms with E-state index in [2.05, 4.69) is 24.9 Å². The standard InChI is InChI=1S/C20H27N5O3/c1-13-16(14(2)28-23-13)4-5-19(26)25-11-8-15-7-10-24(12-17(15)25)20-21-9-6-18(22-20)27-3/h6,9,15,17H,4-5,7-8,10-12H2,1-3H3. The molecule has 0 saturated carbocycles. The highest BCUT2D eigenvalue weighted by atomic mass is 16.5. The molecule has 0 N–H and O–H groups in total. The predicted molar refractivity (Wildman–Crippen MR) is 103 cm³/mol. The van der Waals surface area contributed by atoms with E-state index in [-0.39, 0.29) is 11.9 Å². The fourth-order valence-corrected chi connectivity index (χ4v) is 4.46. The first-order valence-electron chi connectivity index (χ1n) is 9.90. The van der Waals surface area contributed by atoms with Crippen LogP contribution in [-0.2, 0) is 11.2 Å². The molecule has 0 aliphatic carbocycles. The third-order valence-corrected chi connectivity index (χ3v) is 6.06. The van der Waals surface area contributed by atoms with Gasteiger partial charge >= 0.3 is 0 Å². The minimum absolute atomic E-state index is 0.209. The summed E-state index contributed by atoms with van der Waals surface area (Å²) in [5, 5.41) is 3.98. The van der Waals surface area contributed by atoms with Crippen molar-refractivity contribution in [3.05, 3.63) is 29.3 Å². The maximum Gasteiger partial charge on any atom is 0.228 e. The van der Waals surface area contributed by atoms with Crippen molar-refractivity contribution in [1.29, 1.82) is 0 Å². The molecule has 0 bridgehead atoms. The largest absolute Gasteiger partial charge is 0.481 e. The average Bonchev–Trinajstić information content (AvgIpc) is 3.29. The minimum Gasteiger partial charge on any atom is -0.481 e. The topological polar surface area (TPSA) is 84.6 Å². The van der Waals surface area contributed by atoms with Crippen LogP contribution in [0.1, 0.15) is 36.3 Å². The lowest BCUT2D eigenvalue weighted by atomic mass is 9.92. The van der Waals surface area contributed by atoms with Gasteiger partial charge in [0.1, 0.15) is 5.76 Å². The van der Waals surface area contributed by atoms with Crippen LogP contribution in [0.2, 0.25) is 0 Å². The molecule has 2 fully saturated rings. The van der Waals surface area contributed by atoms with Crippen molar-refractivity contribution in [2.24, 2.45) is 5.92 Å². The van der Waals surface area contributed by atoms with Crippen LogP contribution in [0.5, 0.6) is 5.88 Å². The Morgan fingerprint density at radius 3 is 2.89 bits per heavy atom. The third-order valence-electron chi connectivity index (χ3n) is 6.06. The smallest absolute Gasteiger partial charge is 0.228 e. The molecule has 2 atom stereocenters. The summed E-state index contributed by atoms with van der Waals surface area (Å²) in [6, 6.07) is 1.97. The van der Waals surface area contributed by atoms with Crippen molar-refractivity contribution in [2.45, 2.75) is 45.6 Å². The van der Waals surface area contributed by atoms with Gasteiger partial charge < -0.3 is 19.1 Å². The van der Waals surface area contributed by atoms with Crippen LogP contribution in [0.4, 0.5) is 5.95 Å². The van der Waals surface area contributed by atoms with E-state index >= 15 is 0 Å². The van der Waals surface area contributed by atoms with Gasteiger partial charge in [-0.2, -0.15) is 4.98 Å². The number of likely N-dealkylation sites (tertiary alicyclic amines) is 1. The number of piperidine rings is 1. The summed E-state index contributed by atoms with van der Waals surface area (Å²) < 4.78 is 10.4. The number of methoxy groups -OCH3 is 1. The van der Waals surface area contributed by atoms with Crippen LogP contribution in [0.25, 0.3) is 0 Å². The molecule has 1 amide bonds. The maximum atomic E-state index is 13.0. The summed E-state index contributed by atoms with van der Waals surface area (Å²) in [6.07, 6.45) is 5.01. The molecule has 0 spiro atoms. The number of fused-ring (bicyclic) bond motifs is 1. The summed E-state index contributed by atoms with van der Waals surface area (Å²) in [5.41, 5.74) is 1.93. The van der Waals surface area contributed by atoms with E-state index in [9.17, 15) is 4.79 Å². The Morgan fingerprint density at radius 1 is 1.32 bits per heavy atom. The van der Waals surface area contributed by atoms with E-state index in [1.54, 1.807) is 19.4 Å². The van der Waals surface area contributed by atoms with Crippen molar-refractivity contribution in [2.75, 3.05) is 31.6 Å². The predicted octanol–water partition coefficient (Wildman–Crippen LogP) is 2.15. The van der Waals surface area contributed by atoms with Gasteiger partial charge in [0, 0.05) is 43.9 Å². The number of ether oxygens (including phenoxy) is 1. The molecule has 2 aliphatic rings. The monoisotopic (exact) mass is 385 g/mol. The SMILES string of the molecule is COc1ccnc(N2CCC3CCN(C(=O)CCc4c(C)noc4C)C3C2)n1. The van der Waals surface area contributed by atoms with E-state index in [1.807, 2.05) is 13.8 Å². The van der Waals surface area contributed by atoms with Crippen LogP contribution in [-0.4, -0.2) is 58.7 Å². The Kier molecular flexibility index (Phi) is 5.19. The second-order valence-corrected chi connectivity index (χ2v) is 7.64. The molecule has 2 aromatic heterocycles. The molecular formula is C20H27N5O3. The van der Waals surface area contributed by atoms with Crippen LogP contribution in [0.3, 0.4) is 0 Å². The molecule has 0 radical (unpaired) electrons. The highest BCUT2D eigenvalue weighted by molar-refractivity contribution is 5.77. The zero-order valence-corrected chi connectivity index (χ0v) is 16.7. The molecule has 4 rings (SSSR count). The molecule has 150 valence electrons. The van der Waals surface area contributed by atoms with Crippen LogP contribution in [0, 0.1) is 19.8 Å². The summed E-state index contributed by atoms with van der Waals surface area (Å²) in [6.45, 7) is 6.35. The first-order chi connectivity index (χ1) is 13.6. The molecule has 2 aliphatic heterocycles. The number of hydrogen-bond donors (Lipinski definition) is 0. The summed E-state index contributed by atoms with van der Waals surface area (Å²) in [4.78, 5) is 26.1. The van der Waals surface area contributed by atoms with Gasteiger partial charge in [-0.25, -0.2) is 4.98 Å². The summed E-state index contributed by atoms with van der Waals surface area (Å²) in [5.74, 6) is 2.81. The molecule has 2 unspecified atom stereocenters. The van der Waals surface area contributed by atoms with Crippen molar-refractivity contribution in [1.82, 2.24) is 20.0 Å². The van der Waals surface area contributed by atoms with Crippen LogP contribution >= 0.6 is 0 Å². The number of anilines is 1.